The van der Waals surface area contributed by atoms with Gasteiger partial charge in [0.15, 0.2) is 5.69 Å². The molecule has 0 saturated carbocycles. The summed E-state index contributed by atoms with van der Waals surface area (Å²) in [6.45, 7) is 10.3. The third-order valence-electron chi connectivity index (χ3n) is 5.21. The maximum absolute atomic E-state index is 13.3. The molecule has 1 aromatic rings. The van der Waals surface area contributed by atoms with E-state index in [0.717, 1.165) is 12.1 Å². The third-order valence-corrected chi connectivity index (χ3v) is 5.54. The predicted molar refractivity (Wildman–Crippen MR) is 120 cm³/mol. The summed E-state index contributed by atoms with van der Waals surface area (Å²) in [7, 11) is 0. The molecule has 34 heavy (non-hydrogen) atoms. The molecule has 1 aliphatic rings. The van der Waals surface area contributed by atoms with Gasteiger partial charge in [-0.15, -0.1) is 23.2 Å². The Morgan fingerprint density at radius 3 is 2.35 bits per heavy atom. The van der Waals surface area contributed by atoms with Crippen LogP contribution in [0.25, 0.3) is 4.85 Å². The molecule has 1 aromatic carbocycles. The first-order valence-corrected chi connectivity index (χ1v) is 11.3. The van der Waals surface area contributed by atoms with Gasteiger partial charge in [0.2, 0.25) is 0 Å². The summed E-state index contributed by atoms with van der Waals surface area (Å²) in [6.07, 6.45) is -5.27. The number of benzene rings is 1. The molecule has 1 fully saturated rings. The lowest BCUT2D eigenvalue weighted by molar-refractivity contribution is -0.136. The minimum Gasteiger partial charge on any atom is -0.449 e. The lowest BCUT2D eigenvalue weighted by atomic mass is 10.0. The molecule has 2 rings (SSSR count). The standard InChI is InChI=1S/C21H23Cl2F3N4O4/c1-20(2)17(31)30(14-5-6-16(27-3)15(13-14)21(24,25)26)18(32)29(20)9-4-12-34-19(33)28(10-7-22)11-8-23/h5-6,13H,4,7-12H2,1-2H3. The Hall–Kier alpha value is -2.71. The van der Waals surface area contributed by atoms with E-state index in [1.807, 2.05) is 0 Å². The first kappa shape index (κ1) is 27.5. The number of amides is 4. The largest absolute Gasteiger partial charge is 0.449 e. The monoisotopic (exact) mass is 522 g/mol. The van der Waals surface area contributed by atoms with E-state index >= 15 is 0 Å². The van der Waals surface area contributed by atoms with Gasteiger partial charge in [0.25, 0.3) is 5.91 Å². The summed E-state index contributed by atoms with van der Waals surface area (Å²) in [5, 5.41) is 0. The van der Waals surface area contributed by atoms with Crippen LogP contribution in [-0.2, 0) is 15.7 Å². The number of hydrogen-bond donors (Lipinski definition) is 0. The van der Waals surface area contributed by atoms with E-state index < -0.39 is 41.0 Å². The number of anilines is 1. The van der Waals surface area contributed by atoms with Crippen LogP contribution in [0.2, 0.25) is 0 Å². The quantitative estimate of drug-likeness (QED) is 0.195. The number of rotatable bonds is 9. The molecular weight excluding hydrogens is 500 g/mol. The molecule has 0 unspecified atom stereocenters. The minimum absolute atomic E-state index is 0.0125. The van der Waals surface area contributed by atoms with Crippen molar-refractivity contribution in [1.82, 2.24) is 9.80 Å². The summed E-state index contributed by atoms with van der Waals surface area (Å²) < 4.78 is 45.2. The van der Waals surface area contributed by atoms with Gasteiger partial charge < -0.3 is 14.5 Å². The van der Waals surface area contributed by atoms with Crippen LogP contribution in [0, 0.1) is 6.57 Å². The van der Waals surface area contributed by atoms with Gasteiger partial charge in [0, 0.05) is 31.4 Å². The van der Waals surface area contributed by atoms with Gasteiger partial charge >= 0.3 is 18.3 Å². The van der Waals surface area contributed by atoms with E-state index in [0.29, 0.717) is 11.0 Å². The molecule has 0 radical (unpaired) electrons. The lowest BCUT2D eigenvalue weighted by Gasteiger charge is -2.27. The Balaban J connectivity index is 2.14. The molecule has 0 aromatic heterocycles. The summed E-state index contributed by atoms with van der Waals surface area (Å²) in [6, 6.07) is 1.86. The Morgan fingerprint density at radius 2 is 1.82 bits per heavy atom. The summed E-state index contributed by atoms with van der Waals surface area (Å²) >= 11 is 11.3. The Morgan fingerprint density at radius 1 is 1.21 bits per heavy atom. The molecular formula is C21H23Cl2F3N4O4. The van der Waals surface area contributed by atoms with Crippen LogP contribution in [-0.4, -0.2) is 71.4 Å². The molecule has 1 heterocycles. The first-order chi connectivity index (χ1) is 15.9. The number of imide groups is 1. The SMILES string of the molecule is [C-]#[N+]c1ccc(N2C(=O)N(CCCOC(=O)N(CCCl)CCCl)C(C)(C)C2=O)cc1C(F)(F)F. The van der Waals surface area contributed by atoms with Crippen LogP contribution in [0.4, 0.5) is 34.1 Å². The zero-order valence-electron chi connectivity index (χ0n) is 18.5. The average Bonchev–Trinajstić information content (AvgIpc) is 2.94. The van der Waals surface area contributed by atoms with Crippen LogP contribution in [0.5, 0.6) is 0 Å². The summed E-state index contributed by atoms with van der Waals surface area (Å²) in [4.78, 5) is 44.1. The van der Waals surface area contributed by atoms with E-state index in [9.17, 15) is 27.6 Å². The van der Waals surface area contributed by atoms with Gasteiger partial charge in [-0.25, -0.2) is 19.3 Å². The fourth-order valence-electron chi connectivity index (χ4n) is 3.40. The lowest BCUT2D eigenvalue weighted by Crippen LogP contribution is -2.45. The molecule has 1 saturated heterocycles. The molecule has 0 aliphatic carbocycles. The number of alkyl halides is 5. The van der Waals surface area contributed by atoms with Gasteiger partial charge in [0.05, 0.1) is 24.4 Å². The van der Waals surface area contributed by atoms with E-state index in [2.05, 4.69) is 4.85 Å². The van der Waals surface area contributed by atoms with Gasteiger partial charge in [-0.05, 0) is 32.4 Å². The first-order valence-electron chi connectivity index (χ1n) is 10.2. The van der Waals surface area contributed by atoms with Crippen LogP contribution in [0.1, 0.15) is 25.8 Å². The van der Waals surface area contributed by atoms with Gasteiger partial charge in [-0.2, -0.15) is 13.2 Å². The van der Waals surface area contributed by atoms with Crippen molar-refractivity contribution in [2.24, 2.45) is 0 Å². The van der Waals surface area contributed by atoms with Gasteiger partial charge in [-0.1, -0.05) is 6.07 Å². The highest BCUT2D eigenvalue weighted by atomic mass is 35.5. The minimum atomic E-state index is -4.83. The zero-order chi connectivity index (χ0) is 25.7. The van der Waals surface area contributed by atoms with Crippen molar-refractivity contribution >= 4 is 52.6 Å². The number of urea groups is 1. The van der Waals surface area contributed by atoms with Crippen LogP contribution >= 0.6 is 23.2 Å². The third kappa shape index (κ3) is 5.85. The number of carbonyl (C=O) groups excluding carboxylic acids is 3. The average molecular weight is 523 g/mol. The predicted octanol–water partition coefficient (Wildman–Crippen LogP) is 5.11. The second-order valence-electron chi connectivity index (χ2n) is 7.78. The van der Waals surface area contributed by atoms with Crippen molar-refractivity contribution in [3.05, 3.63) is 35.2 Å². The van der Waals surface area contributed by atoms with Crippen molar-refractivity contribution in [2.45, 2.75) is 32.0 Å². The highest BCUT2D eigenvalue weighted by Crippen LogP contribution is 2.40. The van der Waals surface area contributed by atoms with Crippen LogP contribution in [0.3, 0.4) is 0 Å². The highest BCUT2D eigenvalue weighted by molar-refractivity contribution is 6.23. The van der Waals surface area contributed by atoms with Crippen molar-refractivity contribution in [1.29, 1.82) is 0 Å². The van der Waals surface area contributed by atoms with Crippen molar-refractivity contribution in [3.63, 3.8) is 0 Å². The van der Waals surface area contributed by atoms with E-state index in [1.165, 1.54) is 23.6 Å². The number of hydrogen-bond acceptors (Lipinski definition) is 4. The Labute approximate surface area is 204 Å². The molecule has 186 valence electrons. The molecule has 0 spiro atoms. The normalized spacial score (nSPS) is 15.5. The number of nitrogens with zero attached hydrogens (tertiary/aromatic N) is 4. The Bertz CT molecular complexity index is 976. The van der Waals surface area contributed by atoms with Crippen LogP contribution in [0.15, 0.2) is 18.2 Å². The zero-order valence-corrected chi connectivity index (χ0v) is 20.0. The maximum Gasteiger partial charge on any atom is 0.409 e. The van der Waals surface area contributed by atoms with Crippen molar-refractivity contribution in [2.75, 3.05) is 42.9 Å². The molecule has 8 nitrogen and oxygen atoms in total. The van der Waals surface area contributed by atoms with Crippen LogP contribution < -0.4 is 4.90 Å². The number of ether oxygens (including phenoxy) is 1. The summed E-state index contributed by atoms with van der Waals surface area (Å²) in [5.74, 6) is -0.311. The topological polar surface area (TPSA) is 74.5 Å². The van der Waals surface area contributed by atoms with E-state index in [4.69, 9.17) is 34.5 Å². The second-order valence-corrected chi connectivity index (χ2v) is 8.53. The fraction of sp³-hybridized carbons (Fsp3) is 0.524. The van der Waals surface area contributed by atoms with Gasteiger partial charge in [-0.3, -0.25) is 4.79 Å². The second kappa shape index (κ2) is 11.1. The van der Waals surface area contributed by atoms with Gasteiger partial charge in [0.1, 0.15) is 5.54 Å². The highest BCUT2D eigenvalue weighted by Gasteiger charge is 2.51. The molecule has 13 heteroatoms. The molecule has 0 N–H and O–H groups in total. The number of halogens is 5. The molecule has 0 atom stereocenters. The smallest absolute Gasteiger partial charge is 0.409 e. The molecule has 4 amide bonds. The Kier molecular flexibility index (Phi) is 9.02. The molecule has 1 aliphatic heterocycles. The van der Waals surface area contributed by atoms with Crippen molar-refractivity contribution in [3.8, 4) is 0 Å². The van der Waals surface area contributed by atoms with E-state index in [1.54, 1.807) is 0 Å². The maximum atomic E-state index is 13.3. The van der Waals surface area contributed by atoms with E-state index in [-0.39, 0.29) is 50.1 Å². The number of carbonyl (C=O) groups is 3. The summed E-state index contributed by atoms with van der Waals surface area (Å²) in [5.41, 5.74) is -3.50. The molecule has 0 bridgehead atoms. The van der Waals surface area contributed by atoms with Crippen molar-refractivity contribution < 1.29 is 32.3 Å². The fourth-order valence-corrected chi connectivity index (χ4v) is 3.81.